The van der Waals surface area contributed by atoms with E-state index < -0.39 is 17.9 Å². The Balaban J connectivity index is 2.03. The molecule has 1 aliphatic heterocycles. The van der Waals surface area contributed by atoms with E-state index in [-0.39, 0.29) is 17.9 Å². The normalized spacial score (nSPS) is 18.3. The summed E-state index contributed by atoms with van der Waals surface area (Å²) in [4.78, 5) is 22.2. The summed E-state index contributed by atoms with van der Waals surface area (Å²) in [6.45, 7) is 0.560. The van der Waals surface area contributed by atoms with E-state index in [0.29, 0.717) is 18.7 Å². The molecule has 19 heavy (non-hydrogen) atoms. The van der Waals surface area contributed by atoms with E-state index in [4.69, 9.17) is 9.84 Å². The van der Waals surface area contributed by atoms with Crippen molar-refractivity contribution in [3.05, 3.63) is 29.6 Å². The van der Waals surface area contributed by atoms with Gasteiger partial charge in [0.15, 0.2) is 0 Å². The molecule has 1 aromatic carbocycles. The lowest BCUT2D eigenvalue weighted by Gasteiger charge is -2.11. The summed E-state index contributed by atoms with van der Waals surface area (Å²) in [6, 6.07) is 3.95. The average molecular weight is 267 g/mol. The van der Waals surface area contributed by atoms with E-state index in [0.717, 1.165) is 12.5 Å². The van der Waals surface area contributed by atoms with Crippen LogP contribution < -0.4 is 5.32 Å². The smallest absolute Gasteiger partial charge is 0.307 e. The van der Waals surface area contributed by atoms with E-state index in [1.807, 2.05) is 0 Å². The minimum absolute atomic E-state index is 0.0858. The highest BCUT2D eigenvalue weighted by Gasteiger charge is 2.23. The molecule has 1 heterocycles. The fourth-order valence-corrected chi connectivity index (χ4v) is 1.94. The van der Waals surface area contributed by atoms with E-state index >= 15 is 0 Å². The molecule has 0 spiro atoms. The number of carboxylic acids is 1. The summed E-state index contributed by atoms with van der Waals surface area (Å²) >= 11 is 0. The molecule has 1 amide bonds. The quantitative estimate of drug-likeness (QED) is 0.868. The first-order valence-corrected chi connectivity index (χ1v) is 5.99. The van der Waals surface area contributed by atoms with Crippen LogP contribution in [0.15, 0.2) is 18.2 Å². The van der Waals surface area contributed by atoms with Crippen molar-refractivity contribution in [3.8, 4) is 0 Å². The van der Waals surface area contributed by atoms with Gasteiger partial charge in [-0.25, -0.2) is 4.39 Å². The lowest BCUT2D eigenvalue weighted by molar-refractivity contribution is -0.136. The van der Waals surface area contributed by atoms with Crippen LogP contribution in [0.25, 0.3) is 0 Å². The number of ether oxygens (including phenoxy) is 1. The summed E-state index contributed by atoms with van der Waals surface area (Å²) in [5.74, 6) is -2.05. The van der Waals surface area contributed by atoms with Gasteiger partial charge in [0.05, 0.1) is 6.42 Å². The standard InChI is InChI=1S/C13H14FNO4/c14-10-7-9(4-3-8(10)6-12(16)17)15-13(18)11-2-1-5-19-11/h3-4,7,11H,1-2,5-6H2,(H,15,18)(H,16,17). The van der Waals surface area contributed by atoms with Gasteiger partial charge >= 0.3 is 5.97 Å². The molecule has 0 aliphatic carbocycles. The molecular formula is C13H14FNO4. The van der Waals surface area contributed by atoms with Crippen LogP contribution in [0, 0.1) is 5.82 Å². The molecule has 2 N–H and O–H groups in total. The van der Waals surface area contributed by atoms with Gasteiger partial charge in [-0.1, -0.05) is 6.07 Å². The van der Waals surface area contributed by atoms with E-state index in [1.165, 1.54) is 12.1 Å². The second-order valence-electron chi connectivity index (χ2n) is 4.37. The lowest BCUT2D eigenvalue weighted by atomic mass is 10.1. The van der Waals surface area contributed by atoms with E-state index in [9.17, 15) is 14.0 Å². The molecule has 1 unspecified atom stereocenters. The number of carboxylic acid groups (broad SMARTS) is 1. The highest BCUT2D eigenvalue weighted by Crippen LogP contribution is 2.18. The fourth-order valence-electron chi connectivity index (χ4n) is 1.94. The number of carbonyl (C=O) groups is 2. The first kappa shape index (κ1) is 13.5. The maximum absolute atomic E-state index is 13.6. The van der Waals surface area contributed by atoms with Crippen LogP contribution in [0.1, 0.15) is 18.4 Å². The van der Waals surface area contributed by atoms with Gasteiger partial charge < -0.3 is 15.2 Å². The van der Waals surface area contributed by atoms with Gasteiger partial charge in [-0.3, -0.25) is 9.59 Å². The molecule has 1 aliphatic rings. The molecule has 6 heteroatoms. The first-order valence-electron chi connectivity index (χ1n) is 5.99. The van der Waals surface area contributed by atoms with Crippen LogP contribution >= 0.6 is 0 Å². The van der Waals surface area contributed by atoms with E-state index in [2.05, 4.69) is 5.32 Å². The fraction of sp³-hybridized carbons (Fsp3) is 0.385. The maximum Gasteiger partial charge on any atom is 0.307 e. The second kappa shape index (κ2) is 5.79. The number of halogens is 1. The third kappa shape index (κ3) is 3.51. The monoisotopic (exact) mass is 267 g/mol. The third-order valence-electron chi connectivity index (χ3n) is 2.88. The molecule has 1 atom stereocenters. The third-order valence-corrected chi connectivity index (χ3v) is 2.88. The van der Waals surface area contributed by atoms with Crippen molar-refractivity contribution in [3.63, 3.8) is 0 Å². The molecule has 1 fully saturated rings. The molecule has 0 saturated carbocycles. The van der Waals surface area contributed by atoms with Crippen LogP contribution in [-0.2, 0) is 20.7 Å². The highest BCUT2D eigenvalue weighted by atomic mass is 19.1. The van der Waals surface area contributed by atoms with E-state index in [1.54, 1.807) is 0 Å². The number of carbonyl (C=O) groups excluding carboxylic acids is 1. The Morgan fingerprint density at radius 1 is 1.47 bits per heavy atom. The Morgan fingerprint density at radius 3 is 2.84 bits per heavy atom. The van der Waals surface area contributed by atoms with Crippen molar-refractivity contribution in [2.45, 2.75) is 25.4 Å². The van der Waals surface area contributed by atoms with Crippen LogP contribution in [0.3, 0.4) is 0 Å². The summed E-state index contributed by atoms with van der Waals surface area (Å²) in [5.41, 5.74) is 0.384. The average Bonchev–Trinajstić information content (AvgIpc) is 2.86. The molecular weight excluding hydrogens is 253 g/mol. The molecule has 1 aromatic rings. The Hall–Kier alpha value is -1.95. The second-order valence-corrected chi connectivity index (χ2v) is 4.37. The van der Waals surface area contributed by atoms with Crippen molar-refractivity contribution in [1.82, 2.24) is 0 Å². The Kier molecular flexibility index (Phi) is 4.11. The number of hydrogen-bond acceptors (Lipinski definition) is 3. The van der Waals surface area contributed by atoms with Crippen LogP contribution in [0.2, 0.25) is 0 Å². The zero-order valence-corrected chi connectivity index (χ0v) is 10.2. The number of aliphatic carboxylic acids is 1. The first-order chi connectivity index (χ1) is 9.06. The van der Waals surface area contributed by atoms with Crippen molar-refractivity contribution in [2.24, 2.45) is 0 Å². The summed E-state index contributed by atoms with van der Waals surface area (Å²) < 4.78 is 18.8. The number of rotatable bonds is 4. The predicted octanol–water partition coefficient (Wildman–Crippen LogP) is 1.57. The number of amides is 1. The SMILES string of the molecule is O=C(O)Cc1ccc(NC(=O)C2CCCO2)cc1F. The largest absolute Gasteiger partial charge is 0.481 e. The zero-order chi connectivity index (χ0) is 13.8. The molecule has 1 saturated heterocycles. The van der Waals surface area contributed by atoms with Gasteiger partial charge in [-0.15, -0.1) is 0 Å². The van der Waals surface area contributed by atoms with Crippen molar-refractivity contribution >= 4 is 17.6 Å². The topological polar surface area (TPSA) is 75.6 Å². The highest BCUT2D eigenvalue weighted by molar-refractivity contribution is 5.94. The van der Waals surface area contributed by atoms with Crippen LogP contribution in [0.4, 0.5) is 10.1 Å². The Bertz CT molecular complexity index is 497. The van der Waals surface area contributed by atoms with Gasteiger partial charge in [0.1, 0.15) is 11.9 Å². The molecule has 0 aromatic heterocycles. The number of anilines is 1. The molecule has 2 rings (SSSR count). The number of hydrogen-bond donors (Lipinski definition) is 2. The minimum atomic E-state index is -1.10. The van der Waals surface area contributed by atoms with Gasteiger partial charge in [-0.2, -0.15) is 0 Å². The Morgan fingerprint density at radius 2 is 2.26 bits per heavy atom. The predicted molar refractivity (Wildman–Crippen MR) is 65.3 cm³/mol. The summed E-state index contributed by atoms with van der Waals surface area (Å²) in [5, 5.41) is 11.2. The Labute approximate surface area is 109 Å². The number of nitrogens with one attached hydrogen (secondary N) is 1. The zero-order valence-electron chi connectivity index (χ0n) is 10.2. The minimum Gasteiger partial charge on any atom is -0.481 e. The molecule has 0 bridgehead atoms. The maximum atomic E-state index is 13.6. The van der Waals surface area contributed by atoms with Crippen LogP contribution in [-0.4, -0.2) is 29.7 Å². The van der Waals surface area contributed by atoms with Crippen LogP contribution in [0.5, 0.6) is 0 Å². The molecule has 0 radical (unpaired) electrons. The lowest BCUT2D eigenvalue weighted by Crippen LogP contribution is -2.26. The van der Waals surface area contributed by atoms with Crippen molar-refractivity contribution in [2.75, 3.05) is 11.9 Å². The molecule has 102 valence electrons. The van der Waals surface area contributed by atoms with Crippen molar-refractivity contribution < 1.29 is 23.8 Å². The van der Waals surface area contributed by atoms with Gasteiger partial charge in [0, 0.05) is 12.3 Å². The molecule has 5 nitrogen and oxygen atoms in total. The van der Waals surface area contributed by atoms with Gasteiger partial charge in [0.25, 0.3) is 5.91 Å². The van der Waals surface area contributed by atoms with Crippen molar-refractivity contribution in [1.29, 1.82) is 0 Å². The van der Waals surface area contributed by atoms with Gasteiger partial charge in [0.2, 0.25) is 0 Å². The summed E-state index contributed by atoms with van der Waals surface area (Å²) in [7, 11) is 0. The van der Waals surface area contributed by atoms with Gasteiger partial charge in [-0.05, 0) is 30.5 Å². The summed E-state index contributed by atoms with van der Waals surface area (Å²) in [6.07, 6.45) is 0.628. The number of benzene rings is 1.